The summed E-state index contributed by atoms with van der Waals surface area (Å²) in [6, 6.07) is 9.36. The van der Waals surface area contributed by atoms with Crippen LogP contribution in [0.25, 0.3) is 0 Å². The number of hydrogen-bond donors (Lipinski definition) is 0. The molecule has 260 valence electrons. The van der Waals surface area contributed by atoms with Gasteiger partial charge in [0.1, 0.15) is 12.7 Å². The molecule has 2 aliphatic heterocycles. The van der Waals surface area contributed by atoms with Crippen molar-refractivity contribution >= 4 is 35.8 Å². The number of esters is 6. The first-order valence-electron chi connectivity index (χ1n) is 14.8. The van der Waals surface area contributed by atoms with E-state index in [0.29, 0.717) is 6.42 Å². The molecule has 0 aromatic heterocycles. The first-order valence-corrected chi connectivity index (χ1v) is 14.8. The van der Waals surface area contributed by atoms with Crippen LogP contribution in [0.15, 0.2) is 30.3 Å². The van der Waals surface area contributed by atoms with Gasteiger partial charge in [0.05, 0.1) is 19.8 Å². The molecular formula is C31H40O16. The van der Waals surface area contributed by atoms with Gasteiger partial charge in [0, 0.05) is 41.5 Å². The second-order valence-corrected chi connectivity index (χ2v) is 10.9. The zero-order valence-electron chi connectivity index (χ0n) is 27.0. The Morgan fingerprint density at radius 3 is 1.87 bits per heavy atom. The minimum atomic E-state index is -1.76. The van der Waals surface area contributed by atoms with E-state index in [1.807, 2.05) is 30.3 Å². The molecule has 1 aromatic carbocycles. The van der Waals surface area contributed by atoms with Gasteiger partial charge in [-0.3, -0.25) is 28.8 Å². The van der Waals surface area contributed by atoms with Crippen LogP contribution in [-0.2, 0) is 82.6 Å². The molecule has 2 saturated heterocycles. The minimum Gasteiger partial charge on any atom is -0.461 e. The van der Waals surface area contributed by atoms with Crippen LogP contribution in [0.5, 0.6) is 0 Å². The van der Waals surface area contributed by atoms with Gasteiger partial charge in [-0.1, -0.05) is 30.3 Å². The van der Waals surface area contributed by atoms with Crippen LogP contribution in [-0.4, -0.2) is 111 Å². The van der Waals surface area contributed by atoms with Crippen molar-refractivity contribution in [3.05, 3.63) is 35.9 Å². The van der Waals surface area contributed by atoms with E-state index in [9.17, 15) is 28.8 Å². The number of carbonyl (C=O) groups excluding carboxylic acids is 6. The van der Waals surface area contributed by atoms with E-state index in [-0.39, 0.29) is 6.61 Å². The SMILES string of the molecule is CC(=O)OC[C@]1(OC(C)=O)CO[C@H](OC[C@H]2O[C@@H](OCCc3ccccc3)[C@H](OC(C)=O)[C@@H](OC(C)=O)[C@@H]2OC(C)=O)[C@@H]1OC(C)=O. The Labute approximate surface area is 271 Å². The van der Waals surface area contributed by atoms with E-state index in [1.54, 1.807) is 0 Å². The van der Waals surface area contributed by atoms with Gasteiger partial charge in [0.25, 0.3) is 0 Å². The Bertz CT molecular complexity index is 1270. The fourth-order valence-corrected chi connectivity index (χ4v) is 5.12. The normalized spacial score (nSPS) is 28.4. The molecule has 0 aliphatic carbocycles. The first kappa shape index (κ1) is 37.3. The molecule has 0 bridgehead atoms. The molecule has 2 aliphatic rings. The molecule has 0 amide bonds. The van der Waals surface area contributed by atoms with Crippen molar-refractivity contribution < 1.29 is 76.1 Å². The topological polar surface area (TPSA) is 195 Å². The highest BCUT2D eigenvalue weighted by Crippen LogP contribution is 2.35. The molecule has 8 atom stereocenters. The summed E-state index contributed by atoms with van der Waals surface area (Å²) in [5.74, 6) is -4.57. The molecule has 2 fully saturated rings. The van der Waals surface area contributed by atoms with E-state index < -0.39 is 104 Å². The van der Waals surface area contributed by atoms with Crippen molar-refractivity contribution in [2.24, 2.45) is 0 Å². The Morgan fingerprint density at radius 2 is 1.30 bits per heavy atom. The smallest absolute Gasteiger partial charge is 0.303 e. The largest absolute Gasteiger partial charge is 0.461 e. The zero-order valence-corrected chi connectivity index (χ0v) is 27.0. The molecule has 16 nitrogen and oxygen atoms in total. The Hall–Kier alpha value is -4.12. The minimum absolute atomic E-state index is 0.0896. The van der Waals surface area contributed by atoms with Gasteiger partial charge < -0.3 is 47.4 Å². The van der Waals surface area contributed by atoms with Crippen LogP contribution >= 0.6 is 0 Å². The summed E-state index contributed by atoms with van der Waals surface area (Å²) in [5, 5.41) is 0. The average Bonchev–Trinajstić information content (AvgIpc) is 3.29. The average molecular weight is 669 g/mol. The lowest BCUT2D eigenvalue weighted by molar-refractivity contribution is -0.314. The fourth-order valence-electron chi connectivity index (χ4n) is 5.12. The van der Waals surface area contributed by atoms with Crippen molar-refractivity contribution in [2.75, 3.05) is 26.4 Å². The second-order valence-electron chi connectivity index (χ2n) is 10.9. The molecule has 0 spiro atoms. The molecule has 0 unspecified atom stereocenters. The number of benzene rings is 1. The molecule has 16 heteroatoms. The van der Waals surface area contributed by atoms with Gasteiger partial charge in [-0.15, -0.1) is 0 Å². The summed E-state index contributed by atoms with van der Waals surface area (Å²) >= 11 is 0. The molecular weight excluding hydrogens is 628 g/mol. The molecule has 0 radical (unpaired) electrons. The second kappa shape index (κ2) is 17.2. The molecule has 0 N–H and O–H groups in total. The quantitative estimate of drug-likeness (QED) is 0.200. The monoisotopic (exact) mass is 668 g/mol. The van der Waals surface area contributed by atoms with Crippen LogP contribution in [0.2, 0.25) is 0 Å². The van der Waals surface area contributed by atoms with Crippen LogP contribution in [0, 0.1) is 0 Å². The van der Waals surface area contributed by atoms with Crippen LogP contribution in [0.1, 0.15) is 47.1 Å². The van der Waals surface area contributed by atoms with Gasteiger partial charge in [0.15, 0.2) is 37.0 Å². The van der Waals surface area contributed by atoms with E-state index in [2.05, 4.69) is 0 Å². The highest BCUT2D eigenvalue weighted by atomic mass is 16.8. The van der Waals surface area contributed by atoms with Crippen LogP contribution < -0.4 is 0 Å². The third-order valence-electron chi connectivity index (χ3n) is 6.86. The number of carbonyl (C=O) groups is 6. The van der Waals surface area contributed by atoms with Crippen molar-refractivity contribution in [1.82, 2.24) is 0 Å². The molecule has 0 saturated carbocycles. The van der Waals surface area contributed by atoms with Crippen molar-refractivity contribution in [3.8, 4) is 0 Å². The molecule has 1 aromatic rings. The molecule has 3 rings (SSSR count). The lowest BCUT2D eigenvalue weighted by atomic mass is 9.97. The number of ether oxygens (including phenoxy) is 10. The molecule has 2 heterocycles. The zero-order chi connectivity index (χ0) is 34.7. The molecule has 47 heavy (non-hydrogen) atoms. The third-order valence-corrected chi connectivity index (χ3v) is 6.86. The maximum Gasteiger partial charge on any atom is 0.303 e. The highest BCUT2D eigenvalue weighted by molar-refractivity contribution is 5.69. The predicted octanol–water partition coefficient (Wildman–Crippen LogP) is 0.935. The van der Waals surface area contributed by atoms with Gasteiger partial charge in [-0.05, 0) is 12.0 Å². The maximum atomic E-state index is 12.2. The van der Waals surface area contributed by atoms with Crippen molar-refractivity contribution in [2.45, 2.75) is 96.7 Å². The fraction of sp³-hybridized carbons (Fsp3) is 0.613. The summed E-state index contributed by atoms with van der Waals surface area (Å²) < 4.78 is 56.2. The van der Waals surface area contributed by atoms with E-state index in [1.165, 1.54) is 0 Å². The van der Waals surface area contributed by atoms with Gasteiger partial charge in [-0.2, -0.15) is 0 Å². The lowest BCUT2D eigenvalue weighted by Crippen LogP contribution is -2.63. The maximum absolute atomic E-state index is 12.2. The van der Waals surface area contributed by atoms with E-state index in [4.69, 9.17) is 47.4 Å². The highest BCUT2D eigenvalue weighted by Gasteiger charge is 2.58. The van der Waals surface area contributed by atoms with Gasteiger partial charge in [0.2, 0.25) is 5.60 Å². The van der Waals surface area contributed by atoms with Gasteiger partial charge >= 0.3 is 35.8 Å². The number of hydrogen-bond acceptors (Lipinski definition) is 16. The van der Waals surface area contributed by atoms with Crippen molar-refractivity contribution in [3.63, 3.8) is 0 Å². The lowest BCUT2D eigenvalue weighted by Gasteiger charge is -2.44. The van der Waals surface area contributed by atoms with E-state index >= 15 is 0 Å². The summed E-state index contributed by atoms with van der Waals surface area (Å²) in [7, 11) is 0. The first-order chi connectivity index (χ1) is 22.2. The Balaban J connectivity index is 1.91. The standard InChI is InChI=1S/C31H40O16/c1-17(32)40-15-31(47-22(6)37)16-41-30(28(31)45-21(5)36)39-14-24-25(42-18(2)33)26(43-19(3)34)27(44-20(4)35)29(46-24)38-13-12-23-10-8-7-9-11-23/h7-11,24-30H,12-16H2,1-6H3/t24-,25-,26+,27-,28+,29-,30+,31+/m1/s1. The Kier molecular flexibility index (Phi) is 13.6. The van der Waals surface area contributed by atoms with E-state index in [0.717, 1.165) is 47.1 Å². The predicted molar refractivity (Wildman–Crippen MR) is 154 cm³/mol. The summed E-state index contributed by atoms with van der Waals surface area (Å²) in [6.45, 7) is 5.45. The number of rotatable bonds is 14. The van der Waals surface area contributed by atoms with Gasteiger partial charge in [-0.25, -0.2) is 0 Å². The van der Waals surface area contributed by atoms with Crippen LogP contribution in [0.3, 0.4) is 0 Å². The summed E-state index contributed by atoms with van der Waals surface area (Å²) in [4.78, 5) is 72.2. The van der Waals surface area contributed by atoms with Crippen molar-refractivity contribution in [1.29, 1.82) is 0 Å². The Morgan fingerprint density at radius 1 is 0.702 bits per heavy atom. The third kappa shape index (κ3) is 11.0. The summed E-state index contributed by atoms with van der Waals surface area (Å²) in [6.07, 6.45) is -9.10. The summed E-state index contributed by atoms with van der Waals surface area (Å²) in [5.41, 5.74) is -0.818. The van der Waals surface area contributed by atoms with Crippen LogP contribution in [0.4, 0.5) is 0 Å².